The van der Waals surface area contributed by atoms with E-state index < -0.39 is 0 Å². The van der Waals surface area contributed by atoms with Crippen molar-refractivity contribution >= 4 is 5.69 Å². The van der Waals surface area contributed by atoms with E-state index in [2.05, 4.69) is 66.8 Å². The van der Waals surface area contributed by atoms with Crippen LogP contribution in [0.5, 0.6) is 0 Å². The van der Waals surface area contributed by atoms with Crippen LogP contribution in [0.15, 0.2) is 54.6 Å². The third kappa shape index (κ3) is 2.81. The maximum atomic E-state index is 3.59. The summed E-state index contributed by atoms with van der Waals surface area (Å²) in [6.45, 7) is 2.28. The van der Waals surface area contributed by atoms with Crippen molar-refractivity contribution in [3.63, 3.8) is 0 Å². The minimum atomic E-state index is 0.579. The molecule has 1 heteroatoms. The van der Waals surface area contributed by atoms with Gasteiger partial charge in [-0.05, 0) is 49.3 Å². The van der Waals surface area contributed by atoms with Crippen LogP contribution in [0.4, 0.5) is 5.69 Å². The van der Waals surface area contributed by atoms with Gasteiger partial charge in [-0.25, -0.2) is 0 Å². The molecule has 3 rings (SSSR count). The summed E-state index contributed by atoms with van der Waals surface area (Å²) in [6.07, 6.45) is 3.66. The third-order valence-electron chi connectivity index (χ3n) is 4.06. The molecule has 0 aliphatic carbocycles. The fourth-order valence-electron chi connectivity index (χ4n) is 3.12. The second-order valence-electron chi connectivity index (χ2n) is 5.59. The van der Waals surface area contributed by atoms with Crippen LogP contribution in [0.2, 0.25) is 0 Å². The van der Waals surface area contributed by atoms with E-state index in [0.29, 0.717) is 12.0 Å². The van der Waals surface area contributed by atoms with E-state index in [1.807, 2.05) is 0 Å². The lowest BCUT2D eigenvalue weighted by molar-refractivity contribution is 0.522. The molecule has 2 unspecified atom stereocenters. The van der Waals surface area contributed by atoms with Gasteiger partial charge < -0.3 is 5.32 Å². The zero-order chi connectivity index (χ0) is 13.1. The van der Waals surface area contributed by atoms with Crippen molar-refractivity contribution in [1.82, 2.24) is 0 Å². The van der Waals surface area contributed by atoms with Crippen LogP contribution >= 0.6 is 0 Å². The zero-order valence-electron chi connectivity index (χ0n) is 11.5. The molecule has 0 spiro atoms. The Hall–Kier alpha value is -1.76. The lowest BCUT2D eigenvalue weighted by Gasteiger charge is -2.31. The second kappa shape index (κ2) is 5.48. The highest BCUT2D eigenvalue weighted by Gasteiger charge is 2.23. The number of aryl methyl sites for hydroxylation is 1. The zero-order valence-corrected chi connectivity index (χ0v) is 11.5. The molecule has 1 nitrogen and oxygen atoms in total. The van der Waals surface area contributed by atoms with Crippen LogP contribution in [-0.2, 0) is 6.42 Å². The molecule has 1 aliphatic heterocycles. The lowest BCUT2D eigenvalue weighted by Crippen LogP contribution is -2.25. The summed E-state index contributed by atoms with van der Waals surface area (Å²) >= 11 is 0. The average Bonchev–Trinajstić information content (AvgIpc) is 2.45. The van der Waals surface area contributed by atoms with Crippen LogP contribution in [0.1, 0.15) is 36.8 Å². The van der Waals surface area contributed by atoms with Crippen molar-refractivity contribution in [3.05, 3.63) is 65.7 Å². The normalized spacial score (nSPS) is 21.5. The fourth-order valence-corrected chi connectivity index (χ4v) is 3.12. The van der Waals surface area contributed by atoms with Crippen LogP contribution in [0.3, 0.4) is 0 Å². The molecule has 0 aromatic heterocycles. The van der Waals surface area contributed by atoms with Crippen LogP contribution in [0, 0.1) is 0 Å². The van der Waals surface area contributed by atoms with Crippen LogP contribution in [0.25, 0.3) is 0 Å². The Morgan fingerprint density at radius 3 is 2.58 bits per heavy atom. The highest BCUT2D eigenvalue weighted by atomic mass is 14.9. The minimum Gasteiger partial charge on any atom is -0.382 e. The summed E-state index contributed by atoms with van der Waals surface area (Å²) in [5.41, 5.74) is 4.28. The third-order valence-corrected chi connectivity index (χ3v) is 4.06. The standard InChI is InChI=1S/C18H21N/c1-14-13-16(12-11-15-7-3-2-4-8-15)17-9-5-6-10-18(17)19-14/h2-10,14,16,19H,11-13H2,1H3. The maximum absolute atomic E-state index is 3.59. The van der Waals surface area contributed by atoms with Crippen molar-refractivity contribution < 1.29 is 0 Å². The largest absolute Gasteiger partial charge is 0.382 e. The monoisotopic (exact) mass is 251 g/mol. The Balaban J connectivity index is 1.74. The van der Waals surface area contributed by atoms with E-state index in [9.17, 15) is 0 Å². The summed E-state index contributed by atoms with van der Waals surface area (Å²) in [5.74, 6) is 0.688. The summed E-state index contributed by atoms with van der Waals surface area (Å²) in [5, 5.41) is 3.59. The number of anilines is 1. The summed E-state index contributed by atoms with van der Waals surface area (Å²) in [6, 6.07) is 20.2. The molecule has 1 aliphatic rings. The van der Waals surface area contributed by atoms with Gasteiger partial charge >= 0.3 is 0 Å². The molecule has 0 amide bonds. The smallest absolute Gasteiger partial charge is 0.0377 e. The average molecular weight is 251 g/mol. The highest BCUT2D eigenvalue weighted by Crippen LogP contribution is 2.36. The van der Waals surface area contributed by atoms with Gasteiger partial charge in [0, 0.05) is 11.7 Å². The predicted octanol–water partition coefficient (Wildman–Crippen LogP) is 4.61. The van der Waals surface area contributed by atoms with E-state index in [1.165, 1.54) is 36.1 Å². The van der Waals surface area contributed by atoms with E-state index in [1.54, 1.807) is 0 Å². The Morgan fingerprint density at radius 2 is 1.74 bits per heavy atom. The first-order valence-corrected chi connectivity index (χ1v) is 7.22. The van der Waals surface area contributed by atoms with Gasteiger partial charge in [0.05, 0.1) is 0 Å². The number of fused-ring (bicyclic) bond motifs is 1. The first-order valence-electron chi connectivity index (χ1n) is 7.22. The predicted molar refractivity (Wildman–Crippen MR) is 81.6 cm³/mol. The molecular formula is C18H21N. The molecule has 19 heavy (non-hydrogen) atoms. The van der Waals surface area contributed by atoms with Gasteiger partial charge in [0.1, 0.15) is 0 Å². The molecule has 2 aromatic carbocycles. The van der Waals surface area contributed by atoms with E-state index >= 15 is 0 Å². The van der Waals surface area contributed by atoms with Gasteiger partial charge in [-0.1, -0.05) is 48.5 Å². The molecule has 98 valence electrons. The van der Waals surface area contributed by atoms with Crippen molar-refractivity contribution in [1.29, 1.82) is 0 Å². The van der Waals surface area contributed by atoms with Crippen molar-refractivity contribution in [3.8, 4) is 0 Å². The fraction of sp³-hybridized carbons (Fsp3) is 0.333. The highest BCUT2D eigenvalue weighted by molar-refractivity contribution is 5.55. The number of hydrogen-bond donors (Lipinski definition) is 1. The van der Waals surface area contributed by atoms with E-state index in [-0.39, 0.29) is 0 Å². The molecule has 2 aromatic rings. The lowest BCUT2D eigenvalue weighted by atomic mass is 9.83. The van der Waals surface area contributed by atoms with Gasteiger partial charge in [-0.2, -0.15) is 0 Å². The van der Waals surface area contributed by atoms with Crippen LogP contribution in [-0.4, -0.2) is 6.04 Å². The molecular weight excluding hydrogens is 230 g/mol. The van der Waals surface area contributed by atoms with Crippen molar-refractivity contribution in [2.75, 3.05) is 5.32 Å². The second-order valence-corrected chi connectivity index (χ2v) is 5.59. The van der Waals surface area contributed by atoms with E-state index in [0.717, 1.165) is 0 Å². The molecule has 0 radical (unpaired) electrons. The number of rotatable bonds is 3. The van der Waals surface area contributed by atoms with Gasteiger partial charge in [-0.3, -0.25) is 0 Å². The number of para-hydroxylation sites is 1. The quantitative estimate of drug-likeness (QED) is 0.840. The minimum absolute atomic E-state index is 0.579. The number of hydrogen-bond acceptors (Lipinski definition) is 1. The summed E-state index contributed by atoms with van der Waals surface area (Å²) < 4.78 is 0. The summed E-state index contributed by atoms with van der Waals surface area (Å²) in [4.78, 5) is 0. The van der Waals surface area contributed by atoms with Crippen LogP contribution < -0.4 is 5.32 Å². The van der Waals surface area contributed by atoms with Gasteiger partial charge in [0.15, 0.2) is 0 Å². The molecule has 1 N–H and O–H groups in total. The Bertz CT molecular complexity index is 532. The number of nitrogens with one attached hydrogen (secondary N) is 1. The maximum Gasteiger partial charge on any atom is 0.0377 e. The SMILES string of the molecule is CC1CC(CCc2ccccc2)c2ccccc2N1. The Labute approximate surface area is 115 Å². The van der Waals surface area contributed by atoms with E-state index in [4.69, 9.17) is 0 Å². The topological polar surface area (TPSA) is 12.0 Å². The molecule has 2 atom stereocenters. The molecule has 1 heterocycles. The van der Waals surface area contributed by atoms with Gasteiger partial charge in [0.25, 0.3) is 0 Å². The Kier molecular flexibility index (Phi) is 3.54. The first-order chi connectivity index (χ1) is 9.33. The summed E-state index contributed by atoms with van der Waals surface area (Å²) in [7, 11) is 0. The van der Waals surface area contributed by atoms with Gasteiger partial charge in [-0.15, -0.1) is 0 Å². The molecule has 0 saturated carbocycles. The molecule has 0 bridgehead atoms. The van der Waals surface area contributed by atoms with Crippen molar-refractivity contribution in [2.45, 2.75) is 38.1 Å². The van der Waals surface area contributed by atoms with Gasteiger partial charge in [0.2, 0.25) is 0 Å². The molecule has 0 saturated heterocycles. The Morgan fingerprint density at radius 1 is 1.00 bits per heavy atom. The number of benzene rings is 2. The first kappa shape index (κ1) is 12.3. The van der Waals surface area contributed by atoms with Crippen molar-refractivity contribution in [2.24, 2.45) is 0 Å². The molecule has 0 fully saturated rings.